The number of rotatable bonds is 3. The van der Waals surface area contributed by atoms with Gasteiger partial charge in [-0.1, -0.05) is 0 Å². The molecule has 0 unspecified atom stereocenters. The molecule has 0 aliphatic heterocycles. The lowest BCUT2D eigenvalue weighted by Gasteiger charge is -2.10. The second-order valence-corrected chi connectivity index (χ2v) is 2.65. The van der Waals surface area contributed by atoms with Gasteiger partial charge >= 0.3 is 6.18 Å². The number of aromatic nitrogens is 1. The van der Waals surface area contributed by atoms with E-state index in [1.165, 1.54) is 0 Å². The van der Waals surface area contributed by atoms with Gasteiger partial charge in [0.1, 0.15) is 5.82 Å². The monoisotopic (exact) mass is 221 g/mol. The van der Waals surface area contributed by atoms with Crippen LogP contribution in [0.15, 0.2) is 12.1 Å². The lowest BCUT2D eigenvalue weighted by Crippen LogP contribution is -2.12. The van der Waals surface area contributed by atoms with Crippen molar-refractivity contribution >= 4 is 5.82 Å². The molecule has 0 aromatic carbocycles. The standard InChI is InChI=1S/C8H10F3N3O/c1-2-15-7-4-5(8(9,10)11)3-6(13-7)14-12/h3-4H,2,12H2,1H3,(H,13,14). The summed E-state index contributed by atoms with van der Waals surface area (Å²) in [7, 11) is 0. The van der Waals surface area contributed by atoms with Crippen molar-refractivity contribution in [1.82, 2.24) is 4.98 Å². The van der Waals surface area contributed by atoms with E-state index in [4.69, 9.17) is 10.6 Å². The number of anilines is 1. The first kappa shape index (κ1) is 11.6. The highest BCUT2D eigenvalue weighted by molar-refractivity contribution is 5.41. The molecule has 0 atom stereocenters. The van der Waals surface area contributed by atoms with E-state index < -0.39 is 11.7 Å². The molecule has 0 saturated carbocycles. The smallest absolute Gasteiger partial charge is 0.416 e. The molecule has 0 amide bonds. The number of pyridine rings is 1. The van der Waals surface area contributed by atoms with E-state index in [0.29, 0.717) is 0 Å². The first-order valence-electron chi connectivity index (χ1n) is 4.16. The Morgan fingerprint density at radius 2 is 2.13 bits per heavy atom. The van der Waals surface area contributed by atoms with Gasteiger partial charge in [0.15, 0.2) is 0 Å². The highest BCUT2D eigenvalue weighted by atomic mass is 19.4. The van der Waals surface area contributed by atoms with E-state index in [1.807, 2.05) is 5.43 Å². The van der Waals surface area contributed by atoms with E-state index >= 15 is 0 Å². The molecule has 0 aliphatic rings. The van der Waals surface area contributed by atoms with Gasteiger partial charge in [-0.3, -0.25) is 0 Å². The molecule has 0 spiro atoms. The van der Waals surface area contributed by atoms with Gasteiger partial charge in [0.05, 0.1) is 12.2 Å². The first-order valence-corrected chi connectivity index (χ1v) is 4.16. The van der Waals surface area contributed by atoms with Gasteiger partial charge < -0.3 is 10.2 Å². The second kappa shape index (κ2) is 4.35. The molecule has 1 heterocycles. The van der Waals surface area contributed by atoms with Crippen LogP contribution in [-0.4, -0.2) is 11.6 Å². The van der Waals surface area contributed by atoms with Crippen molar-refractivity contribution in [2.45, 2.75) is 13.1 Å². The normalized spacial score (nSPS) is 11.3. The Bertz CT molecular complexity index is 340. The summed E-state index contributed by atoms with van der Waals surface area (Å²) < 4.78 is 42.0. The van der Waals surface area contributed by atoms with Gasteiger partial charge in [0.2, 0.25) is 5.88 Å². The maximum absolute atomic E-state index is 12.4. The lowest BCUT2D eigenvalue weighted by molar-refractivity contribution is -0.137. The number of halogens is 3. The fourth-order valence-electron chi connectivity index (χ4n) is 0.965. The molecule has 0 fully saturated rings. The van der Waals surface area contributed by atoms with E-state index in [0.717, 1.165) is 12.1 Å². The average molecular weight is 221 g/mol. The summed E-state index contributed by atoms with van der Waals surface area (Å²) in [6, 6.07) is 1.63. The van der Waals surface area contributed by atoms with Gasteiger partial charge in [-0.05, 0) is 13.0 Å². The van der Waals surface area contributed by atoms with Crippen LogP contribution in [0.4, 0.5) is 19.0 Å². The third kappa shape index (κ3) is 2.98. The molecule has 3 N–H and O–H groups in total. The molecule has 1 aromatic rings. The minimum atomic E-state index is -4.44. The number of nitrogens with one attached hydrogen (secondary N) is 1. The molecule has 84 valence electrons. The van der Waals surface area contributed by atoms with Crippen molar-refractivity contribution in [2.75, 3.05) is 12.0 Å². The van der Waals surface area contributed by atoms with Gasteiger partial charge in [-0.25, -0.2) is 5.84 Å². The third-order valence-electron chi connectivity index (χ3n) is 1.57. The summed E-state index contributed by atoms with van der Waals surface area (Å²) in [5, 5.41) is 0. The SMILES string of the molecule is CCOc1cc(C(F)(F)F)cc(NN)n1. The quantitative estimate of drug-likeness (QED) is 0.603. The fourth-order valence-corrected chi connectivity index (χ4v) is 0.965. The molecule has 0 aliphatic carbocycles. The first-order chi connectivity index (χ1) is 6.97. The molecule has 15 heavy (non-hydrogen) atoms. The number of ether oxygens (including phenoxy) is 1. The molecule has 0 radical (unpaired) electrons. The van der Waals surface area contributed by atoms with Crippen LogP contribution in [0, 0.1) is 0 Å². The highest BCUT2D eigenvalue weighted by Gasteiger charge is 2.31. The number of hydrogen-bond donors (Lipinski definition) is 2. The Hall–Kier alpha value is -1.50. The van der Waals surface area contributed by atoms with Gasteiger partial charge in [0.25, 0.3) is 0 Å². The third-order valence-corrected chi connectivity index (χ3v) is 1.57. The molecule has 7 heteroatoms. The Kier molecular flexibility index (Phi) is 3.35. The maximum atomic E-state index is 12.4. The molecule has 1 rings (SSSR count). The summed E-state index contributed by atoms with van der Waals surface area (Å²) in [4.78, 5) is 3.70. The van der Waals surface area contributed by atoms with Gasteiger partial charge in [-0.2, -0.15) is 18.2 Å². The van der Waals surface area contributed by atoms with Crippen molar-refractivity contribution in [1.29, 1.82) is 0 Å². The number of hydrogen-bond acceptors (Lipinski definition) is 4. The van der Waals surface area contributed by atoms with Crippen molar-refractivity contribution < 1.29 is 17.9 Å². The summed E-state index contributed by atoms with van der Waals surface area (Å²) in [5.74, 6) is 4.79. The Balaban J connectivity index is 3.11. The second-order valence-electron chi connectivity index (χ2n) is 2.65. The average Bonchev–Trinajstić information content (AvgIpc) is 2.16. The van der Waals surface area contributed by atoms with Crippen LogP contribution in [-0.2, 0) is 6.18 Å². The predicted molar refractivity (Wildman–Crippen MR) is 48.2 cm³/mol. The van der Waals surface area contributed by atoms with Crippen molar-refractivity contribution in [3.05, 3.63) is 17.7 Å². The molecule has 0 bridgehead atoms. The number of alkyl halides is 3. The number of hydrazine groups is 1. The van der Waals surface area contributed by atoms with Crippen LogP contribution in [0.2, 0.25) is 0 Å². The van der Waals surface area contributed by atoms with Crippen molar-refractivity contribution in [3.63, 3.8) is 0 Å². The Labute approximate surface area is 84.2 Å². The molecule has 4 nitrogen and oxygen atoms in total. The topological polar surface area (TPSA) is 60.2 Å². The van der Waals surface area contributed by atoms with Gasteiger partial charge in [0, 0.05) is 6.07 Å². The van der Waals surface area contributed by atoms with E-state index in [-0.39, 0.29) is 18.3 Å². The van der Waals surface area contributed by atoms with E-state index in [1.54, 1.807) is 6.92 Å². The van der Waals surface area contributed by atoms with E-state index in [9.17, 15) is 13.2 Å². The number of nitrogens with zero attached hydrogens (tertiary/aromatic N) is 1. The number of nitrogens with two attached hydrogens (primary N) is 1. The van der Waals surface area contributed by atoms with Crippen molar-refractivity contribution in [3.8, 4) is 5.88 Å². The van der Waals surface area contributed by atoms with Crippen molar-refractivity contribution in [2.24, 2.45) is 5.84 Å². The largest absolute Gasteiger partial charge is 0.478 e. The van der Waals surface area contributed by atoms with Gasteiger partial charge in [-0.15, -0.1) is 0 Å². The minimum Gasteiger partial charge on any atom is -0.478 e. The molecule has 0 saturated heterocycles. The summed E-state index contributed by atoms with van der Waals surface area (Å²) in [6.07, 6.45) is -4.44. The van der Waals surface area contributed by atoms with Crippen LogP contribution in [0.1, 0.15) is 12.5 Å². The minimum absolute atomic E-state index is 0.0896. The zero-order valence-electron chi connectivity index (χ0n) is 7.93. The zero-order valence-corrected chi connectivity index (χ0v) is 7.93. The van der Waals surface area contributed by atoms with Crippen LogP contribution >= 0.6 is 0 Å². The maximum Gasteiger partial charge on any atom is 0.416 e. The van der Waals surface area contributed by atoms with Crippen LogP contribution in [0.5, 0.6) is 5.88 Å². The summed E-state index contributed by atoms with van der Waals surface area (Å²) in [5.41, 5.74) is 1.19. The number of nitrogen functional groups attached to an aromatic ring is 1. The Morgan fingerprint density at radius 3 is 2.60 bits per heavy atom. The summed E-state index contributed by atoms with van der Waals surface area (Å²) >= 11 is 0. The fraction of sp³-hybridized carbons (Fsp3) is 0.375. The highest BCUT2D eigenvalue weighted by Crippen LogP contribution is 2.32. The van der Waals surface area contributed by atoms with Crippen LogP contribution in [0.25, 0.3) is 0 Å². The van der Waals surface area contributed by atoms with E-state index in [2.05, 4.69) is 4.98 Å². The zero-order chi connectivity index (χ0) is 11.5. The summed E-state index contributed by atoms with van der Waals surface area (Å²) in [6.45, 7) is 1.88. The predicted octanol–water partition coefficient (Wildman–Crippen LogP) is 1.78. The van der Waals surface area contributed by atoms with Crippen LogP contribution in [0.3, 0.4) is 0 Å². The molecular formula is C8H10F3N3O. The molecule has 1 aromatic heterocycles. The molecular weight excluding hydrogens is 211 g/mol. The van der Waals surface area contributed by atoms with Crippen LogP contribution < -0.4 is 16.0 Å². The lowest BCUT2D eigenvalue weighted by atomic mass is 10.2. The Morgan fingerprint density at radius 1 is 1.47 bits per heavy atom.